The van der Waals surface area contributed by atoms with E-state index in [9.17, 15) is 14.7 Å². The molecule has 2 rings (SSSR count). The molecule has 0 bridgehead atoms. The van der Waals surface area contributed by atoms with E-state index in [0.717, 1.165) is 5.56 Å². The molecule has 1 heterocycles. The van der Waals surface area contributed by atoms with Crippen LogP contribution in [0, 0.1) is 5.41 Å². The first-order chi connectivity index (χ1) is 9.82. The van der Waals surface area contributed by atoms with Crippen LogP contribution in [-0.2, 0) is 16.0 Å². The maximum absolute atomic E-state index is 12.2. The third-order valence-corrected chi connectivity index (χ3v) is 4.81. The van der Waals surface area contributed by atoms with Gasteiger partial charge in [-0.15, -0.1) is 0 Å². The fourth-order valence-corrected chi connectivity index (χ4v) is 2.72. The van der Waals surface area contributed by atoms with Gasteiger partial charge in [0.25, 0.3) is 0 Å². The average molecular weight is 330 g/mol. The molecule has 1 aliphatic heterocycles. The maximum Gasteiger partial charge on any atom is 0.309 e. The van der Waals surface area contributed by atoms with E-state index in [2.05, 4.69) is 0 Å². The molecule has 1 aromatic carbocycles. The highest BCUT2D eigenvalue weighted by atomic mass is 35.5. The number of likely N-dealkylation sites (tertiary alicyclic amines) is 1. The first-order valence-corrected chi connectivity index (χ1v) is 7.52. The molecule has 0 aromatic heterocycles. The van der Waals surface area contributed by atoms with Gasteiger partial charge in [0, 0.05) is 13.1 Å². The lowest BCUT2D eigenvalue weighted by Gasteiger charge is -2.36. The number of carboxylic acids is 1. The molecule has 1 aromatic rings. The second-order valence-corrected chi connectivity index (χ2v) is 6.49. The standard InChI is InChI=1S/C15H17Cl2NO3/c1-15(14(20)21)4-6-18(7-5-15)13(19)9-10-2-3-11(16)12(17)8-10/h2-3,8H,4-7,9H2,1H3,(H,20,21). The number of halogens is 2. The summed E-state index contributed by atoms with van der Waals surface area (Å²) in [5.41, 5.74) is 0.0846. The normalized spacial score (nSPS) is 17.6. The number of benzene rings is 1. The average Bonchev–Trinajstić information content (AvgIpc) is 2.43. The van der Waals surface area contributed by atoms with Crippen LogP contribution < -0.4 is 0 Å². The van der Waals surface area contributed by atoms with Gasteiger partial charge >= 0.3 is 5.97 Å². The lowest BCUT2D eigenvalue weighted by Crippen LogP contribution is -2.45. The Kier molecular flexibility index (Phi) is 4.79. The van der Waals surface area contributed by atoms with Crippen molar-refractivity contribution in [3.63, 3.8) is 0 Å². The molecule has 0 atom stereocenters. The number of carbonyl (C=O) groups excluding carboxylic acids is 1. The molecule has 1 N–H and O–H groups in total. The van der Waals surface area contributed by atoms with Gasteiger partial charge in [0.2, 0.25) is 5.91 Å². The minimum atomic E-state index is -0.793. The van der Waals surface area contributed by atoms with Gasteiger partial charge in [-0.2, -0.15) is 0 Å². The first kappa shape index (κ1) is 16.1. The Hall–Kier alpha value is -1.26. The summed E-state index contributed by atoms with van der Waals surface area (Å²) in [6, 6.07) is 5.13. The van der Waals surface area contributed by atoms with Crippen molar-refractivity contribution in [2.45, 2.75) is 26.2 Å². The minimum absolute atomic E-state index is 0.0131. The topological polar surface area (TPSA) is 57.6 Å². The highest BCUT2D eigenvalue weighted by Gasteiger charge is 2.37. The van der Waals surface area contributed by atoms with Crippen LogP contribution in [0.25, 0.3) is 0 Å². The van der Waals surface area contributed by atoms with E-state index in [-0.39, 0.29) is 12.3 Å². The minimum Gasteiger partial charge on any atom is -0.481 e. The smallest absolute Gasteiger partial charge is 0.309 e. The van der Waals surface area contributed by atoms with Crippen molar-refractivity contribution < 1.29 is 14.7 Å². The zero-order chi connectivity index (χ0) is 15.6. The van der Waals surface area contributed by atoms with Gasteiger partial charge in [-0.1, -0.05) is 29.3 Å². The molecule has 0 radical (unpaired) electrons. The van der Waals surface area contributed by atoms with Crippen LogP contribution in [0.5, 0.6) is 0 Å². The number of aliphatic carboxylic acids is 1. The van der Waals surface area contributed by atoms with Crippen molar-refractivity contribution in [2.75, 3.05) is 13.1 Å². The summed E-state index contributed by atoms with van der Waals surface area (Å²) >= 11 is 11.8. The third-order valence-electron chi connectivity index (χ3n) is 4.08. The maximum atomic E-state index is 12.2. The predicted molar refractivity (Wildman–Crippen MR) is 81.7 cm³/mol. The first-order valence-electron chi connectivity index (χ1n) is 6.77. The number of piperidine rings is 1. The quantitative estimate of drug-likeness (QED) is 0.925. The molecule has 4 nitrogen and oxygen atoms in total. The van der Waals surface area contributed by atoms with Crippen molar-refractivity contribution in [3.05, 3.63) is 33.8 Å². The van der Waals surface area contributed by atoms with E-state index in [1.165, 1.54) is 0 Å². The lowest BCUT2D eigenvalue weighted by atomic mass is 9.80. The Balaban J connectivity index is 1.96. The van der Waals surface area contributed by atoms with Gasteiger partial charge in [-0.25, -0.2) is 0 Å². The van der Waals surface area contributed by atoms with E-state index < -0.39 is 11.4 Å². The number of amides is 1. The highest BCUT2D eigenvalue weighted by molar-refractivity contribution is 6.42. The van der Waals surface area contributed by atoms with Crippen molar-refractivity contribution in [1.29, 1.82) is 0 Å². The second kappa shape index (κ2) is 6.24. The van der Waals surface area contributed by atoms with Crippen molar-refractivity contribution >= 4 is 35.1 Å². The number of rotatable bonds is 3. The fourth-order valence-electron chi connectivity index (χ4n) is 2.40. The number of carboxylic acid groups (broad SMARTS) is 1. The third kappa shape index (κ3) is 3.69. The molecular formula is C15H17Cl2NO3. The predicted octanol–water partition coefficient (Wildman–Crippen LogP) is 3.25. The molecular weight excluding hydrogens is 313 g/mol. The number of nitrogens with zero attached hydrogens (tertiary/aromatic N) is 1. The Bertz CT molecular complexity index is 566. The summed E-state index contributed by atoms with van der Waals surface area (Å²) in [6.07, 6.45) is 1.21. The number of hydrogen-bond donors (Lipinski definition) is 1. The molecule has 1 aliphatic rings. The molecule has 0 saturated carbocycles. The fraction of sp³-hybridized carbons (Fsp3) is 0.467. The SMILES string of the molecule is CC1(C(=O)O)CCN(C(=O)Cc2ccc(Cl)c(Cl)c2)CC1. The summed E-state index contributed by atoms with van der Waals surface area (Å²) < 4.78 is 0. The number of hydrogen-bond acceptors (Lipinski definition) is 2. The van der Waals surface area contributed by atoms with Crippen LogP contribution in [0.4, 0.5) is 0 Å². The second-order valence-electron chi connectivity index (χ2n) is 5.67. The summed E-state index contributed by atoms with van der Waals surface area (Å²) in [6.45, 7) is 2.68. The van der Waals surface area contributed by atoms with Crippen LogP contribution in [0.3, 0.4) is 0 Å². The Morgan fingerprint density at radius 2 is 1.86 bits per heavy atom. The summed E-state index contributed by atoms with van der Waals surface area (Å²) in [5, 5.41) is 10.1. The van der Waals surface area contributed by atoms with Gasteiger partial charge in [0.1, 0.15) is 0 Å². The summed E-state index contributed by atoms with van der Waals surface area (Å²) in [5.74, 6) is -0.806. The molecule has 0 spiro atoms. The van der Waals surface area contributed by atoms with Crippen molar-refractivity contribution in [2.24, 2.45) is 5.41 Å². The highest BCUT2D eigenvalue weighted by Crippen LogP contribution is 2.31. The summed E-state index contributed by atoms with van der Waals surface area (Å²) in [7, 11) is 0. The van der Waals surface area contributed by atoms with Crippen LogP contribution in [0.15, 0.2) is 18.2 Å². The van der Waals surface area contributed by atoms with Gasteiger partial charge in [-0.05, 0) is 37.5 Å². The Morgan fingerprint density at radius 3 is 2.38 bits per heavy atom. The van der Waals surface area contributed by atoms with E-state index in [0.29, 0.717) is 36.0 Å². The Labute approximate surface area is 133 Å². The summed E-state index contributed by atoms with van der Waals surface area (Å²) in [4.78, 5) is 25.1. The zero-order valence-corrected chi connectivity index (χ0v) is 13.2. The van der Waals surface area contributed by atoms with Crippen LogP contribution in [0.2, 0.25) is 10.0 Å². The monoisotopic (exact) mass is 329 g/mol. The molecule has 21 heavy (non-hydrogen) atoms. The molecule has 6 heteroatoms. The van der Waals surface area contributed by atoms with Gasteiger partial charge < -0.3 is 10.0 Å². The van der Waals surface area contributed by atoms with Crippen LogP contribution in [0.1, 0.15) is 25.3 Å². The van der Waals surface area contributed by atoms with E-state index in [4.69, 9.17) is 23.2 Å². The van der Waals surface area contributed by atoms with E-state index in [1.807, 2.05) is 0 Å². The molecule has 0 aliphatic carbocycles. The van der Waals surface area contributed by atoms with Crippen LogP contribution >= 0.6 is 23.2 Å². The van der Waals surface area contributed by atoms with E-state index in [1.54, 1.807) is 30.0 Å². The largest absolute Gasteiger partial charge is 0.481 e. The van der Waals surface area contributed by atoms with E-state index >= 15 is 0 Å². The number of carbonyl (C=O) groups is 2. The molecule has 1 saturated heterocycles. The molecule has 114 valence electrons. The van der Waals surface area contributed by atoms with Crippen LogP contribution in [-0.4, -0.2) is 35.0 Å². The van der Waals surface area contributed by atoms with Crippen molar-refractivity contribution in [1.82, 2.24) is 4.90 Å². The molecule has 1 fully saturated rings. The van der Waals surface area contributed by atoms with Gasteiger partial charge in [0.15, 0.2) is 0 Å². The zero-order valence-electron chi connectivity index (χ0n) is 11.7. The van der Waals surface area contributed by atoms with Gasteiger partial charge in [-0.3, -0.25) is 9.59 Å². The Morgan fingerprint density at radius 1 is 1.24 bits per heavy atom. The molecule has 1 amide bonds. The van der Waals surface area contributed by atoms with Crippen molar-refractivity contribution in [3.8, 4) is 0 Å². The molecule has 0 unspecified atom stereocenters. The van der Waals surface area contributed by atoms with Gasteiger partial charge in [0.05, 0.1) is 21.9 Å². The lowest BCUT2D eigenvalue weighted by molar-refractivity contribution is -0.152.